The molecular formula is C16H22BrN5O. The Labute approximate surface area is 144 Å². The number of unbranched alkanes of at least 4 members (excludes halogenated alkanes) is 3. The van der Waals surface area contributed by atoms with Crippen molar-refractivity contribution in [1.82, 2.24) is 25.5 Å². The lowest BCUT2D eigenvalue weighted by Crippen LogP contribution is -2.28. The van der Waals surface area contributed by atoms with Crippen LogP contribution in [0.1, 0.15) is 57.8 Å². The lowest BCUT2D eigenvalue weighted by atomic mass is 10.1. The molecule has 0 saturated carbocycles. The van der Waals surface area contributed by atoms with E-state index in [1.54, 1.807) is 4.68 Å². The summed E-state index contributed by atoms with van der Waals surface area (Å²) in [5.41, 5.74) is 0.850. The number of nitrogens with one attached hydrogen (secondary N) is 1. The molecule has 6 nitrogen and oxygen atoms in total. The fourth-order valence-corrected chi connectivity index (χ4v) is 2.73. The van der Waals surface area contributed by atoms with Crippen LogP contribution in [0.2, 0.25) is 0 Å². The molecule has 0 saturated heterocycles. The van der Waals surface area contributed by atoms with Gasteiger partial charge in [-0.2, -0.15) is 4.68 Å². The number of amides is 1. The highest BCUT2D eigenvalue weighted by Gasteiger charge is 2.17. The number of carbonyl (C=O) groups excluding carboxylic acids is 1. The Morgan fingerprint density at radius 1 is 1.35 bits per heavy atom. The van der Waals surface area contributed by atoms with Crippen LogP contribution in [0.15, 0.2) is 28.7 Å². The van der Waals surface area contributed by atoms with Gasteiger partial charge in [0.2, 0.25) is 5.91 Å². The van der Waals surface area contributed by atoms with E-state index >= 15 is 0 Å². The highest BCUT2D eigenvalue weighted by Crippen LogP contribution is 2.18. The molecule has 0 aliphatic heterocycles. The Morgan fingerprint density at radius 2 is 2.17 bits per heavy atom. The molecule has 1 atom stereocenters. The fourth-order valence-electron chi connectivity index (χ4n) is 2.35. The second-order valence-corrected chi connectivity index (χ2v) is 6.44. The Hall–Kier alpha value is -1.76. The van der Waals surface area contributed by atoms with Crippen LogP contribution in [0.4, 0.5) is 0 Å². The number of carbonyl (C=O) groups is 1. The molecule has 124 valence electrons. The van der Waals surface area contributed by atoms with E-state index in [1.807, 2.05) is 31.2 Å². The van der Waals surface area contributed by atoms with Gasteiger partial charge in [-0.15, -0.1) is 5.10 Å². The number of hydrogen-bond acceptors (Lipinski definition) is 4. The minimum Gasteiger partial charge on any atom is -0.346 e. The summed E-state index contributed by atoms with van der Waals surface area (Å²) >= 11 is 3.44. The molecule has 1 amide bonds. The second kappa shape index (κ2) is 8.76. The highest BCUT2D eigenvalue weighted by atomic mass is 79.9. The third kappa shape index (κ3) is 5.13. The molecule has 2 rings (SSSR count). The lowest BCUT2D eigenvalue weighted by molar-refractivity contribution is -0.121. The summed E-state index contributed by atoms with van der Waals surface area (Å²) in [7, 11) is 0. The van der Waals surface area contributed by atoms with E-state index < -0.39 is 0 Å². The first-order valence-electron chi connectivity index (χ1n) is 7.95. The van der Waals surface area contributed by atoms with Crippen LogP contribution in [0.25, 0.3) is 5.69 Å². The van der Waals surface area contributed by atoms with Crippen molar-refractivity contribution in [1.29, 1.82) is 0 Å². The Morgan fingerprint density at radius 3 is 2.91 bits per heavy atom. The van der Waals surface area contributed by atoms with E-state index in [1.165, 1.54) is 12.8 Å². The molecule has 0 radical (unpaired) electrons. The van der Waals surface area contributed by atoms with Crippen LogP contribution in [0.5, 0.6) is 0 Å². The fraction of sp³-hybridized carbons (Fsp3) is 0.500. The van der Waals surface area contributed by atoms with Crippen molar-refractivity contribution in [3.05, 3.63) is 34.6 Å². The summed E-state index contributed by atoms with van der Waals surface area (Å²) in [6.45, 7) is 4.05. The summed E-state index contributed by atoms with van der Waals surface area (Å²) in [5.74, 6) is 0.655. The molecule has 0 fully saturated rings. The number of halogens is 1. The van der Waals surface area contributed by atoms with Gasteiger partial charge in [0, 0.05) is 10.9 Å². The zero-order chi connectivity index (χ0) is 16.7. The predicted molar refractivity (Wildman–Crippen MR) is 92.2 cm³/mol. The van der Waals surface area contributed by atoms with Crippen LogP contribution in [-0.4, -0.2) is 26.1 Å². The van der Waals surface area contributed by atoms with Crippen molar-refractivity contribution in [2.45, 2.75) is 52.0 Å². The third-order valence-electron chi connectivity index (χ3n) is 3.57. The second-order valence-electron chi connectivity index (χ2n) is 5.53. The lowest BCUT2D eigenvalue weighted by Gasteiger charge is -2.13. The molecule has 2 aromatic rings. The van der Waals surface area contributed by atoms with Gasteiger partial charge in [-0.05, 0) is 42.0 Å². The highest BCUT2D eigenvalue weighted by molar-refractivity contribution is 9.10. The molecule has 1 N–H and O–H groups in total. The molecule has 1 unspecified atom stereocenters. The van der Waals surface area contributed by atoms with Crippen molar-refractivity contribution in [3.8, 4) is 5.69 Å². The average molecular weight is 380 g/mol. The summed E-state index contributed by atoms with van der Waals surface area (Å²) in [6, 6.07) is 7.46. The third-order valence-corrected chi connectivity index (χ3v) is 4.06. The zero-order valence-electron chi connectivity index (χ0n) is 13.5. The number of hydrogen-bond donors (Lipinski definition) is 1. The maximum absolute atomic E-state index is 12.0. The number of benzene rings is 1. The summed E-state index contributed by atoms with van der Waals surface area (Å²) in [4.78, 5) is 12.0. The van der Waals surface area contributed by atoms with Gasteiger partial charge in [-0.25, -0.2) is 0 Å². The summed E-state index contributed by atoms with van der Waals surface area (Å²) in [5, 5.41) is 14.8. The van der Waals surface area contributed by atoms with Gasteiger partial charge in [-0.3, -0.25) is 4.79 Å². The van der Waals surface area contributed by atoms with Crippen LogP contribution < -0.4 is 5.32 Å². The van der Waals surface area contributed by atoms with Crippen LogP contribution >= 0.6 is 15.9 Å². The van der Waals surface area contributed by atoms with Gasteiger partial charge < -0.3 is 5.32 Å². The quantitative estimate of drug-likeness (QED) is 0.711. The molecule has 1 heterocycles. The smallest absolute Gasteiger partial charge is 0.220 e. The normalized spacial score (nSPS) is 12.1. The van der Waals surface area contributed by atoms with Crippen LogP contribution in [-0.2, 0) is 4.79 Å². The zero-order valence-corrected chi connectivity index (χ0v) is 15.1. The van der Waals surface area contributed by atoms with Crippen molar-refractivity contribution in [2.75, 3.05) is 0 Å². The van der Waals surface area contributed by atoms with Crippen molar-refractivity contribution in [2.24, 2.45) is 0 Å². The maximum atomic E-state index is 12.0. The van der Waals surface area contributed by atoms with E-state index in [4.69, 9.17) is 0 Å². The number of tetrazole rings is 1. The standard InChI is InChI=1S/C16H22BrN5O/c1-3-4-5-6-10-15(23)18-12(2)16-19-20-21-22(16)14-9-7-8-13(17)11-14/h7-9,11-12H,3-6,10H2,1-2H3,(H,18,23). The summed E-state index contributed by atoms with van der Waals surface area (Å²) in [6.07, 6.45) is 4.89. The molecule has 0 aliphatic carbocycles. The summed E-state index contributed by atoms with van der Waals surface area (Å²) < 4.78 is 2.59. The number of aromatic nitrogens is 4. The van der Waals surface area contributed by atoms with E-state index in [0.29, 0.717) is 12.2 Å². The average Bonchev–Trinajstić information content (AvgIpc) is 3.01. The van der Waals surface area contributed by atoms with Crippen molar-refractivity contribution >= 4 is 21.8 Å². The van der Waals surface area contributed by atoms with Gasteiger partial charge in [0.25, 0.3) is 0 Å². The first-order valence-corrected chi connectivity index (χ1v) is 8.74. The molecule has 23 heavy (non-hydrogen) atoms. The van der Waals surface area contributed by atoms with Gasteiger partial charge in [-0.1, -0.05) is 48.2 Å². The van der Waals surface area contributed by atoms with Crippen LogP contribution in [0.3, 0.4) is 0 Å². The molecule has 1 aromatic carbocycles. The molecule has 0 bridgehead atoms. The van der Waals surface area contributed by atoms with Gasteiger partial charge in [0.05, 0.1) is 11.7 Å². The SMILES string of the molecule is CCCCCCC(=O)NC(C)c1nnnn1-c1cccc(Br)c1. The Bertz CT molecular complexity index is 643. The topological polar surface area (TPSA) is 72.7 Å². The van der Waals surface area contributed by atoms with Gasteiger partial charge in [0.15, 0.2) is 5.82 Å². The number of nitrogens with zero attached hydrogens (tertiary/aromatic N) is 4. The van der Waals surface area contributed by atoms with Crippen molar-refractivity contribution in [3.63, 3.8) is 0 Å². The monoisotopic (exact) mass is 379 g/mol. The largest absolute Gasteiger partial charge is 0.346 e. The van der Waals surface area contributed by atoms with E-state index in [-0.39, 0.29) is 11.9 Å². The van der Waals surface area contributed by atoms with Gasteiger partial charge in [0.1, 0.15) is 0 Å². The first-order chi connectivity index (χ1) is 11.1. The molecule has 1 aromatic heterocycles. The van der Waals surface area contributed by atoms with E-state index in [9.17, 15) is 4.79 Å². The number of rotatable bonds is 8. The minimum absolute atomic E-state index is 0.0393. The predicted octanol–water partition coefficient (Wildman–Crippen LogP) is 3.57. The Balaban J connectivity index is 1.99. The molecular weight excluding hydrogens is 358 g/mol. The maximum Gasteiger partial charge on any atom is 0.220 e. The first kappa shape index (κ1) is 17.6. The molecule has 7 heteroatoms. The van der Waals surface area contributed by atoms with E-state index in [0.717, 1.165) is 23.0 Å². The van der Waals surface area contributed by atoms with Crippen LogP contribution in [0, 0.1) is 0 Å². The molecule has 0 aliphatic rings. The van der Waals surface area contributed by atoms with Crippen molar-refractivity contribution < 1.29 is 4.79 Å². The Kier molecular flexibility index (Phi) is 6.70. The van der Waals surface area contributed by atoms with E-state index in [2.05, 4.69) is 43.7 Å². The molecule has 0 spiro atoms. The minimum atomic E-state index is -0.248. The van der Waals surface area contributed by atoms with Gasteiger partial charge >= 0.3 is 0 Å².